The SMILES string of the molecule is C[C@H]1CNC(=O)C(=O)N1Cc1cccc(C(F)(F)F)c1Cl. The van der Waals surface area contributed by atoms with Gasteiger partial charge in [0.15, 0.2) is 0 Å². The highest BCUT2D eigenvalue weighted by Gasteiger charge is 2.35. The van der Waals surface area contributed by atoms with Crippen LogP contribution in [0.25, 0.3) is 0 Å². The van der Waals surface area contributed by atoms with E-state index in [1.807, 2.05) is 0 Å². The van der Waals surface area contributed by atoms with Crippen LogP contribution in [0, 0.1) is 0 Å². The topological polar surface area (TPSA) is 49.4 Å². The minimum Gasteiger partial charge on any atom is -0.346 e. The Labute approximate surface area is 123 Å². The molecule has 1 aromatic carbocycles. The van der Waals surface area contributed by atoms with Crippen molar-refractivity contribution in [2.75, 3.05) is 6.54 Å². The lowest BCUT2D eigenvalue weighted by Gasteiger charge is -2.33. The van der Waals surface area contributed by atoms with E-state index in [4.69, 9.17) is 11.6 Å². The minimum absolute atomic E-state index is 0.143. The maximum atomic E-state index is 12.8. The third-order valence-corrected chi connectivity index (χ3v) is 3.72. The number of nitrogens with zero attached hydrogens (tertiary/aromatic N) is 1. The second-order valence-corrected chi connectivity index (χ2v) is 5.15. The molecule has 21 heavy (non-hydrogen) atoms. The van der Waals surface area contributed by atoms with E-state index in [0.29, 0.717) is 0 Å². The zero-order valence-electron chi connectivity index (χ0n) is 11.0. The average Bonchev–Trinajstić information content (AvgIpc) is 2.39. The van der Waals surface area contributed by atoms with Gasteiger partial charge in [-0.05, 0) is 18.6 Å². The van der Waals surface area contributed by atoms with Crippen molar-refractivity contribution in [2.45, 2.75) is 25.7 Å². The molecule has 114 valence electrons. The van der Waals surface area contributed by atoms with Gasteiger partial charge in [0, 0.05) is 19.1 Å². The Kier molecular flexibility index (Phi) is 4.13. The molecule has 0 saturated carbocycles. The number of hydrogen-bond donors (Lipinski definition) is 1. The summed E-state index contributed by atoms with van der Waals surface area (Å²) in [5, 5.41) is 1.96. The quantitative estimate of drug-likeness (QED) is 0.849. The molecule has 0 unspecified atom stereocenters. The number of benzene rings is 1. The number of carbonyl (C=O) groups is 2. The van der Waals surface area contributed by atoms with Gasteiger partial charge in [-0.2, -0.15) is 13.2 Å². The lowest BCUT2D eigenvalue weighted by Crippen LogP contribution is -2.56. The Morgan fingerprint density at radius 3 is 2.67 bits per heavy atom. The summed E-state index contributed by atoms with van der Waals surface area (Å²) in [5.41, 5.74) is -0.801. The highest BCUT2D eigenvalue weighted by atomic mass is 35.5. The maximum Gasteiger partial charge on any atom is 0.417 e. The zero-order valence-corrected chi connectivity index (χ0v) is 11.8. The lowest BCUT2D eigenvalue weighted by molar-refractivity contribution is -0.150. The lowest BCUT2D eigenvalue weighted by atomic mass is 10.1. The van der Waals surface area contributed by atoms with E-state index in [2.05, 4.69) is 5.32 Å². The van der Waals surface area contributed by atoms with Crippen molar-refractivity contribution in [3.8, 4) is 0 Å². The van der Waals surface area contributed by atoms with Gasteiger partial charge >= 0.3 is 18.0 Å². The van der Waals surface area contributed by atoms with Crippen LogP contribution in [0.5, 0.6) is 0 Å². The largest absolute Gasteiger partial charge is 0.417 e. The smallest absolute Gasteiger partial charge is 0.346 e. The van der Waals surface area contributed by atoms with Gasteiger partial charge in [0.25, 0.3) is 0 Å². The first-order valence-electron chi connectivity index (χ1n) is 6.15. The highest BCUT2D eigenvalue weighted by molar-refractivity contribution is 6.35. The second-order valence-electron chi connectivity index (χ2n) is 4.77. The predicted octanol–water partition coefficient (Wildman–Crippen LogP) is 2.21. The summed E-state index contributed by atoms with van der Waals surface area (Å²) in [6.07, 6.45) is -4.57. The third kappa shape index (κ3) is 3.12. The molecule has 8 heteroatoms. The fourth-order valence-electron chi connectivity index (χ4n) is 2.09. The van der Waals surface area contributed by atoms with Crippen molar-refractivity contribution in [1.29, 1.82) is 0 Å². The molecule has 1 atom stereocenters. The van der Waals surface area contributed by atoms with Crippen molar-refractivity contribution >= 4 is 23.4 Å². The van der Waals surface area contributed by atoms with Crippen LogP contribution in [0.1, 0.15) is 18.1 Å². The van der Waals surface area contributed by atoms with Crippen LogP contribution in [0.15, 0.2) is 18.2 Å². The van der Waals surface area contributed by atoms with Crippen molar-refractivity contribution in [3.05, 3.63) is 34.3 Å². The van der Waals surface area contributed by atoms with Gasteiger partial charge in [-0.3, -0.25) is 9.59 Å². The first-order valence-corrected chi connectivity index (χ1v) is 6.53. The number of piperazine rings is 1. The van der Waals surface area contributed by atoms with Crippen molar-refractivity contribution < 1.29 is 22.8 Å². The van der Waals surface area contributed by atoms with Crippen LogP contribution in [-0.2, 0) is 22.3 Å². The molecule has 1 saturated heterocycles. The fraction of sp³-hybridized carbons (Fsp3) is 0.385. The van der Waals surface area contributed by atoms with Crippen LogP contribution in [0.4, 0.5) is 13.2 Å². The Morgan fingerprint density at radius 2 is 2.05 bits per heavy atom. The van der Waals surface area contributed by atoms with E-state index < -0.39 is 28.6 Å². The van der Waals surface area contributed by atoms with Gasteiger partial charge < -0.3 is 10.2 Å². The van der Waals surface area contributed by atoms with Gasteiger partial charge in [-0.1, -0.05) is 23.7 Å². The van der Waals surface area contributed by atoms with Crippen LogP contribution in [0.3, 0.4) is 0 Å². The van der Waals surface area contributed by atoms with Crippen LogP contribution >= 0.6 is 11.6 Å². The monoisotopic (exact) mass is 320 g/mol. The number of hydrogen-bond acceptors (Lipinski definition) is 2. The Morgan fingerprint density at radius 1 is 1.38 bits per heavy atom. The molecule has 2 rings (SSSR count). The molecule has 0 spiro atoms. The first kappa shape index (κ1) is 15.6. The molecular weight excluding hydrogens is 309 g/mol. The number of amides is 2. The van der Waals surface area contributed by atoms with Crippen molar-refractivity contribution in [3.63, 3.8) is 0 Å². The van der Waals surface area contributed by atoms with Crippen LogP contribution < -0.4 is 5.32 Å². The molecule has 4 nitrogen and oxygen atoms in total. The van der Waals surface area contributed by atoms with Crippen LogP contribution in [0.2, 0.25) is 5.02 Å². The van der Waals surface area contributed by atoms with E-state index in [-0.39, 0.29) is 24.7 Å². The molecule has 1 N–H and O–H groups in total. The Balaban J connectivity index is 2.31. The maximum absolute atomic E-state index is 12.8. The van der Waals surface area contributed by atoms with E-state index in [1.165, 1.54) is 17.0 Å². The molecule has 1 aromatic rings. The summed E-state index contributed by atoms with van der Waals surface area (Å²) in [5.74, 6) is -1.54. The summed E-state index contributed by atoms with van der Waals surface area (Å²) < 4.78 is 38.4. The first-order chi connectivity index (χ1) is 9.71. The summed E-state index contributed by atoms with van der Waals surface area (Å²) in [6, 6.07) is 3.19. The number of halogens is 4. The summed E-state index contributed by atoms with van der Waals surface area (Å²) in [4.78, 5) is 24.3. The van der Waals surface area contributed by atoms with Crippen molar-refractivity contribution in [2.24, 2.45) is 0 Å². The number of carbonyl (C=O) groups excluding carboxylic acids is 2. The normalized spacial score (nSPS) is 19.7. The van der Waals surface area contributed by atoms with Gasteiger partial charge in [0.1, 0.15) is 0 Å². The van der Waals surface area contributed by atoms with Gasteiger partial charge in [-0.15, -0.1) is 0 Å². The van der Waals surface area contributed by atoms with Gasteiger partial charge in [0.2, 0.25) is 0 Å². The molecule has 1 aliphatic rings. The van der Waals surface area contributed by atoms with Crippen molar-refractivity contribution in [1.82, 2.24) is 10.2 Å². The van der Waals surface area contributed by atoms with Gasteiger partial charge in [0.05, 0.1) is 10.6 Å². The number of alkyl halides is 3. The average molecular weight is 321 g/mol. The van der Waals surface area contributed by atoms with Gasteiger partial charge in [-0.25, -0.2) is 0 Å². The molecule has 1 aliphatic heterocycles. The van der Waals surface area contributed by atoms with E-state index >= 15 is 0 Å². The standard InChI is InChI=1S/C13H12ClF3N2O2/c1-7-5-18-11(20)12(21)19(7)6-8-3-2-4-9(10(8)14)13(15,16)17/h2-4,7H,5-6H2,1H3,(H,18,20)/t7-/m0/s1. The Bertz CT molecular complexity index is 589. The van der Waals surface area contributed by atoms with Crippen LogP contribution in [-0.4, -0.2) is 29.3 Å². The molecule has 1 fully saturated rings. The Hall–Kier alpha value is -1.76. The molecule has 0 radical (unpaired) electrons. The van der Waals surface area contributed by atoms with E-state index in [9.17, 15) is 22.8 Å². The number of rotatable bonds is 2. The zero-order chi connectivity index (χ0) is 15.8. The predicted molar refractivity (Wildman–Crippen MR) is 69.5 cm³/mol. The summed E-state index contributed by atoms with van der Waals surface area (Å²) >= 11 is 5.79. The fourth-order valence-corrected chi connectivity index (χ4v) is 2.38. The summed E-state index contributed by atoms with van der Waals surface area (Å²) in [7, 11) is 0. The molecule has 0 aromatic heterocycles. The third-order valence-electron chi connectivity index (χ3n) is 3.27. The summed E-state index contributed by atoms with van der Waals surface area (Å²) in [6.45, 7) is 1.80. The number of nitrogens with one attached hydrogen (secondary N) is 1. The minimum atomic E-state index is -4.57. The second kappa shape index (κ2) is 5.55. The van der Waals surface area contributed by atoms with E-state index in [0.717, 1.165) is 6.07 Å². The molecule has 0 bridgehead atoms. The molecular formula is C13H12ClF3N2O2. The molecule has 0 aliphatic carbocycles. The molecule has 1 heterocycles. The van der Waals surface area contributed by atoms with E-state index in [1.54, 1.807) is 6.92 Å². The highest BCUT2D eigenvalue weighted by Crippen LogP contribution is 2.36. The molecule has 2 amide bonds.